The average Bonchev–Trinajstić information content (AvgIpc) is 2.39. The fraction of sp³-hybridized carbons (Fsp3) is 1.00. The molecule has 90 valence electrons. The largest absolute Gasteiger partial charge is 0.305 e. The van der Waals surface area contributed by atoms with Crippen molar-refractivity contribution in [3.63, 3.8) is 0 Å². The molecule has 0 aromatic rings. The van der Waals surface area contributed by atoms with E-state index in [0.717, 1.165) is 25.9 Å². The molecule has 0 aliphatic carbocycles. The first kappa shape index (κ1) is 12.9. The van der Waals surface area contributed by atoms with E-state index in [-0.39, 0.29) is 11.8 Å². The van der Waals surface area contributed by atoms with Crippen LogP contribution in [0.5, 0.6) is 0 Å². The van der Waals surface area contributed by atoms with Crippen LogP contribution in [-0.4, -0.2) is 56.1 Å². The second-order valence-corrected chi connectivity index (χ2v) is 6.40. The number of nitrogens with zero attached hydrogens (tertiary/aromatic N) is 2. The normalized spacial score (nSPS) is 26.5. The van der Waals surface area contributed by atoms with E-state index in [4.69, 9.17) is 0 Å². The molecule has 1 rings (SSSR count). The van der Waals surface area contributed by atoms with Crippen molar-refractivity contribution in [3.05, 3.63) is 0 Å². The summed E-state index contributed by atoms with van der Waals surface area (Å²) in [6.07, 6.45) is 1.83. The topological polar surface area (TPSA) is 40.6 Å². The van der Waals surface area contributed by atoms with Gasteiger partial charge in [0.25, 0.3) is 0 Å². The molecule has 0 amide bonds. The van der Waals surface area contributed by atoms with Gasteiger partial charge in [-0.3, -0.25) is 0 Å². The van der Waals surface area contributed by atoms with E-state index in [2.05, 4.69) is 18.9 Å². The summed E-state index contributed by atoms with van der Waals surface area (Å²) in [5, 5.41) is 0. The summed E-state index contributed by atoms with van der Waals surface area (Å²) in [7, 11) is -0.962. The van der Waals surface area contributed by atoms with Gasteiger partial charge in [-0.15, -0.1) is 0 Å². The minimum Gasteiger partial charge on any atom is -0.305 e. The molecule has 1 atom stereocenters. The van der Waals surface area contributed by atoms with Crippen LogP contribution in [0.4, 0.5) is 0 Å². The fourth-order valence-electron chi connectivity index (χ4n) is 2.09. The molecular weight excluding hydrogens is 212 g/mol. The highest BCUT2D eigenvalue weighted by Crippen LogP contribution is 2.16. The van der Waals surface area contributed by atoms with Crippen molar-refractivity contribution >= 4 is 10.0 Å². The van der Waals surface area contributed by atoms with E-state index in [0.29, 0.717) is 6.54 Å². The van der Waals surface area contributed by atoms with Gasteiger partial charge in [0.1, 0.15) is 0 Å². The van der Waals surface area contributed by atoms with Gasteiger partial charge in [0, 0.05) is 19.1 Å². The Labute approximate surface area is 93.3 Å². The van der Waals surface area contributed by atoms with Crippen LogP contribution < -0.4 is 0 Å². The van der Waals surface area contributed by atoms with Crippen molar-refractivity contribution in [1.82, 2.24) is 9.21 Å². The van der Waals surface area contributed by atoms with Crippen molar-refractivity contribution in [2.75, 3.05) is 32.4 Å². The zero-order chi connectivity index (χ0) is 11.5. The first-order valence-corrected chi connectivity index (χ1v) is 7.30. The van der Waals surface area contributed by atoms with Crippen molar-refractivity contribution in [1.29, 1.82) is 0 Å². The van der Waals surface area contributed by atoms with Crippen molar-refractivity contribution in [2.45, 2.75) is 32.7 Å². The van der Waals surface area contributed by atoms with E-state index in [1.165, 1.54) is 0 Å². The van der Waals surface area contributed by atoms with Gasteiger partial charge in [-0.1, -0.05) is 6.92 Å². The fourth-order valence-corrected chi connectivity index (χ4v) is 3.49. The molecule has 5 heteroatoms. The SMILES string of the molecule is CCC1CN(C)CCCN1S(=O)(=O)CC. The molecule has 1 unspecified atom stereocenters. The summed E-state index contributed by atoms with van der Waals surface area (Å²) in [6, 6.07) is 0.155. The molecule has 0 N–H and O–H groups in total. The predicted octanol–water partition coefficient (Wildman–Crippen LogP) is 0.752. The standard InChI is InChI=1S/C10H22N2O2S/c1-4-10-9-11(3)7-6-8-12(10)15(13,14)5-2/h10H,4-9H2,1-3H3. The molecule has 1 aliphatic rings. The van der Waals surface area contributed by atoms with Crippen molar-refractivity contribution in [3.8, 4) is 0 Å². The zero-order valence-electron chi connectivity index (χ0n) is 9.94. The summed E-state index contributed by atoms with van der Waals surface area (Å²) in [4.78, 5) is 2.22. The molecule has 0 aromatic heterocycles. The van der Waals surface area contributed by atoms with Crippen LogP contribution in [0.1, 0.15) is 26.7 Å². The zero-order valence-corrected chi connectivity index (χ0v) is 10.8. The van der Waals surface area contributed by atoms with Gasteiger partial charge in [-0.25, -0.2) is 8.42 Å². The van der Waals surface area contributed by atoms with E-state index in [1.54, 1.807) is 11.2 Å². The van der Waals surface area contributed by atoms with Crippen molar-refractivity contribution in [2.24, 2.45) is 0 Å². The van der Waals surface area contributed by atoms with Gasteiger partial charge in [-0.2, -0.15) is 4.31 Å². The lowest BCUT2D eigenvalue weighted by Crippen LogP contribution is -2.44. The summed E-state index contributed by atoms with van der Waals surface area (Å²) < 4.78 is 25.5. The second kappa shape index (κ2) is 5.27. The third-order valence-electron chi connectivity index (χ3n) is 3.04. The highest BCUT2D eigenvalue weighted by molar-refractivity contribution is 7.89. The van der Waals surface area contributed by atoms with E-state index < -0.39 is 10.0 Å². The molecule has 0 aromatic carbocycles. The van der Waals surface area contributed by atoms with Crippen molar-refractivity contribution < 1.29 is 8.42 Å². The summed E-state index contributed by atoms with van der Waals surface area (Å²) in [5.41, 5.74) is 0. The number of likely N-dealkylation sites (N-methyl/N-ethyl adjacent to an activating group) is 1. The van der Waals surface area contributed by atoms with E-state index >= 15 is 0 Å². The van der Waals surface area contributed by atoms with Crippen LogP contribution in [0, 0.1) is 0 Å². The Balaban J connectivity index is 2.85. The molecule has 0 bridgehead atoms. The third kappa shape index (κ3) is 3.16. The van der Waals surface area contributed by atoms with Gasteiger partial charge in [-0.05, 0) is 33.4 Å². The first-order chi connectivity index (χ1) is 7.01. The summed E-state index contributed by atoms with van der Waals surface area (Å²) >= 11 is 0. The Kier molecular flexibility index (Phi) is 4.55. The molecule has 0 saturated carbocycles. The van der Waals surface area contributed by atoms with E-state index in [1.807, 2.05) is 0 Å². The minimum absolute atomic E-state index is 0.155. The summed E-state index contributed by atoms with van der Waals surface area (Å²) in [5.74, 6) is 0.215. The number of hydrogen-bond acceptors (Lipinski definition) is 3. The third-order valence-corrected chi connectivity index (χ3v) is 4.97. The van der Waals surface area contributed by atoms with Crippen LogP contribution in [0.3, 0.4) is 0 Å². The molecule has 1 aliphatic heterocycles. The Bertz CT molecular complexity index is 290. The lowest BCUT2D eigenvalue weighted by atomic mass is 10.2. The van der Waals surface area contributed by atoms with Gasteiger partial charge in [0.15, 0.2) is 0 Å². The minimum atomic E-state index is -3.02. The molecule has 4 nitrogen and oxygen atoms in total. The highest BCUT2D eigenvalue weighted by Gasteiger charge is 2.29. The Hall–Kier alpha value is -0.130. The quantitative estimate of drug-likeness (QED) is 0.723. The highest BCUT2D eigenvalue weighted by atomic mass is 32.2. The number of sulfonamides is 1. The number of rotatable bonds is 3. The lowest BCUT2D eigenvalue weighted by Gasteiger charge is -2.28. The maximum Gasteiger partial charge on any atom is 0.214 e. The van der Waals surface area contributed by atoms with Crippen LogP contribution in [0.25, 0.3) is 0 Å². The number of hydrogen-bond donors (Lipinski definition) is 0. The average molecular weight is 234 g/mol. The molecule has 15 heavy (non-hydrogen) atoms. The smallest absolute Gasteiger partial charge is 0.214 e. The second-order valence-electron chi connectivity index (χ2n) is 4.19. The molecule has 1 saturated heterocycles. The maximum absolute atomic E-state index is 11.9. The Morgan fingerprint density at radius 1 is 1.27 bits per heavy atom. The Morgan fingerprint density at radius 3 is 2.47 bits per heavy atom. The molecule has 1 fully saturated rings. The van der Waals surface area contributed by atoms with Crippen LogP contribution in [-0.2, 0) is 10.0 Å². The lowest BCUT2D eigenvalue weighted by molar-refractivity contribution is 0.270. The van der Waals surface area contributed by atoms with E-state index in [9.17, 15) is 8.42 Å². The molecule has 0 radical (unpaired) electrons. The summed E-state index contributed by atoms with van der Waals surface area (Å²) in [6.45, 7) is 6.31. The molecule has 0 spiro atoms. The van der Waals surface area contributed by atoms with Gasteiger partial charge >= 0.3 is 0 Å². The molecule has 1 heterocycles. The monoisotopic (exact) mass is 234 g/mol. The first-order valence-electron chi connectivity index (χ1n) is 5.69. The van der Waals surface area contributed by atoms with Gasteiger partial charge in [0.05, 0.1) is 5.75 Å². The van der Waals surface area contributed by atoms with Gasteiger partial charge in [0.2, 0.25) is 10.0 Å². The molecular formula is C10H22N2O2S. The van der Waals surface area contributed by atoms with Gasteiger partial charge < -0.3 is 4.90 Å². The predicted molar refractivity (Wildman–Crippen MR) is 62.4 cm³/mol. The Morgan fingerprint density at radius 2 is 1.93 bits per heavy atom. The maximum atomic E-state index is 11.9. The van der Waals surface area contributed by atoms with Crippen LogP contribution in [0.15, 0.2) is 0 Å². The van der Waals surface area contributed by atoms with Crippen LogP contribution in [0.2, 0.25) is 0 Å². The van der Waals surface area contributed by atoms with Crippen LogP contribution >= 0.6 is 0 Å².